The molecule has 2 rings (SSSR count). The molecule has 0 spiro atoms. The number of hydrogen-bond acceptors (Lipinski definition) is 4. The Morgan fingerprint density at radius 3 is 2.65 bits per heavy atom. The van der Waals surface area contributed by atoms with Crippen molar-refractivity contribution in [2.24, 2.45) is 5.92 Å². The van der Waals surface area contributed by atoms with E-state index in [9.17, 15) is 4.79 Å². The van der Waals surface area contributed by atoms with Crippen molar-refractivity contribution in [3.8, 4) is 0 Å². The molecular formula is C16H23NO3. The minimum atomic E-state index is -0.767. The first kappa shape index (κ1) is 14.9. The van der Waals surface area contributed by atoms with E-state index >= 15 is 0 Å². The van der Waals surface area contributed by atoms with Crippen LogP contribution in [0.2, 0.25) is 0 Å². The van der Waals surface area contributed by atoms with Gasteiger partial charge in [-0.15, -0.1) is 0 Å². The second-order valence-electron chi connectivity index (χ2n) is 5.34. The van der Waals surface area contributed by atoms with Gasteiger partial charge in [-0.1, -0.05) is 18.2 Å². The smallest absolute Gasteiger partial charge is 0.334 e. The summed E-state index contributed by atoms with van der Waals surface area (Å²) < 4.78 is 10.6. The monoisotopic (exact) mass is 277 g/mol. The molecule has 1 N–H and O–H groups in total. The maximum Gasteiger partial charge on any atom is 0.334 e. The number of ether oxygens (including phenoxy) is 2. The zero-order valence-corrected chi connectivity index (χ0v) is 12.4. The highest BCUT2D eigenvalue weighted by Gasteiger charge is 2.52. The second kappa shape index (κ2) is 6.27. The van der Waals surface area contributed by atoms with Gasteiger partial charge in [-0.2, -0.15) is 0 Å². The fraction of sp³-hybridized carbons (Fsp3) is 0.562. The van der Waals surface area contributed by atoms with E-state index in [0.717, 1.165) is 24.1 Å². The third-order valence-electron chi connectivity index (χ3n) is 3.79. The lowest BCUT2D eigenvalue weighted by molar-refractivity contribution is -0.151. The Kier molecular flexibility index (Phi) is 4.65. The Balaban J connectivity index is 2.30. The summed E-state index contributed by atoms with van der Waals surface area (Å²) in [5.41, 5.74) is 1.30. The molecule has 0 aliphatic heterocycles. The Morgan fingerprint density at radius 2 is 2.10 bits per heavy atom. The van der Waals surface area contributed by atoms with Crippen molar-refractivity contribution in [2.45, 2.75) is 32.2 Å². The number of nitrogens with one attached hydrogen (secondary N) is 1. The number of rotatable bonds is 7. The SMILES string of the molecule is CCOC(=O)C(COC)(Nc1ccccc1C)C1CC1. The number of hydrogen-bond donors (Lipinski definition) is 1. The average molecular weight is 277 g/mol. The minimum absolute atomic E-state index is 0.215. The van der Waals surface area contributed by atoms with E-state index in [1.165, 1.54) is 0 Å². The van der Waals surface area contributed by atoms with Crippen LogP contribution in [-0.2, 0) is 14.3 Å². The number of aryl methyl sites for hydroxylation is 1. The van der Waals surface area contributed by atoms with Gasteiger partial charge >= 0.3 is 5.97 Å². The predicted molar refractivity (Wildman–Crippen MR) is 78.8 cm³/mol. The molecule has 110 valence electrons. The van der Waals surface area contributed by atoms with Crippen LogP contribution >= 0.6 is 0 Å². The van der Waals surface area contributed by atoms with Crippen molar-refractivity contribution in [1.29, 1.82) is 0 Å². The van der Waals surface area contributed by atoms with Gasteiger partial charge in [0.2, 0.25) is 0 Å². The molecule has 0 radical (unpaired) electrons. The highest BCUT2D eigenvalue weighted by molar-refractivity contribution is 5.86. The third-order valence-corrected chi connectivity index (χ3v) is 3.79. The second-order valence-corrected chi connectivity index (χ2v) is 5.34. The van der Waals surface area contributed by atoms with Gasteiger partial charge < -0.3 is 14.8 Å². The molecule has 1 aliphatic carbocycles. The predicted octanol–water partition coefficient (Wildman–Crippen LogP) is 2.77. The summed E-state index contributed by atoms with van der Waals surface area (Å²) in [5.74, 6) is 0.0636. The summed E-state index contributed by atoms with van der Waals surface area (Å²) in [6.07, 6.45) is 2.06. The maximum atomic E-state index is 12.5. The summed E-state index contributed by atoms with van der Waals surface area (Å²) >= 11 is 0. The molecule has 0 aromatic heterocycles. The first-order chi connectivity index (χ1) is 9.64. The molecule has 1 atom stereocenters. The number of methoxy groups -OCH3 is 1. The quantitative estimate of drug-likeness (QED) is 0.779. The Hall–Kier alpha value is -1.55. The minimum Gasteiger partial charge on any atom is -0.464 e. The fourth-order valence-electron chi connectivity index (χ4n) is 2.55. The molecule has 20 heavy (non-hydrogen) atoms. The molecule has 4 nitrogen and oxygen atoms in total. The van der Waals surface area contributed by atoms with E-state index in [1.807, 2.05) is 38.1 Å². The normalized spacial score (nSPS) is 17.4. The number of anilines is 1. The molecule has 1 aromatic rings. The van der Waals surface area contributed by atoms with Gasteiger partial charge in [0.05, 0.1) is 13.2 Å². The molecule has 0 amide bonds. The first-order valence-electron chi connectivity index (χ1n) is 7.14. The van der Waals surface area contributed by atoms with Gasteiger partial charge in [0.1, 0.15) is 0 Å². The molecule has 1 fully saturated rings. The van der Waals surface area contributed by atoms with Crippen LogP contribution in [-0.4, -0.2) is 31.8 Å². The number of carbonyl (C=O) groups excluding carboxylic acids is 1. The van der Waals surface area contributed by atoms with Crippen LogP contribution in [0.25, 0.3) is 0 Å². The topological polar surface area (TPSA) is 47.6 Å². The Labute approximate surface area is 120 Å². The average Bonchev–Trinajstić information content (AvgIpc) is 3.25. The summed E-state index contributed by atoms with van der Waals surface area (Å²) in [7, 11) is 1.62. The van der Waals surface area contributed by atoms with Gasteiger partial charge in [-0.3, -0.25) is 0 Å². The van der Waals surface area contributed by atoms with Gasteiger partial charge in [-0.25, -0.2) is 4.79 Å². The van der Waals surface area contributed by atoms with E-state index in [-0.39, 0.29) is 11.9 Å². The molecular weight excluding hydrogens is 254 g/mol. The van der Waals surface area contributed by atoms with E-state index in [4.69, 9.17) is 9.47 Å². The maximum absolute atomic E-state index is 12.5. The van der Waals surface area contributed by atoms with Crippen LogP contribution in [0.5, 0.6) is 0 Å². The number of para-hydroxylation sites is 1. The molecule has 4 heteroatoms. The van der Waals surface area contributed by atoms with Crippen molar-refractivity contribution < 1.29 is 14.3 Å². The van der Waals surface area contributed by atoms with E-state index in [0.29, 0.717) is 13.2 Å². The molecule has 0 heterocycles. The molecule has 0 bridgehead atoms. The molecule has 1 unspecified atom stereocenters. The summed E-state index contributed by atoms with van der Waals surface area (Å²) in [6, 6.07) is 7.96. The lowest BCUT2D eigenvalue weighted by atomic mass is 9.93. The van der Waals surface area contributed by atoms with E-state index in [1.54, 1.807) is 7.11 Å². The lowest BCUT2D eigenvalue weighted by Gasteiger charge is -2.33. The Bertz CT molecular complexity index is 471. The number of benzene rings is 1. The van der Waals surface area contributed by atoms with E-state index < -0.39 is 5.54 Å². The highest BCUT2D eigenvalue weighted by Crippen LogP contribution is 2.43. The Morgan fingerprint density at radius 1 is 1.40 bits per heavy atom. The van der Waals surface area contributed by atoms with Gasteiger partial charge in [0.15, 0.2) is 5.54 Å². The van der Waals surface area contributed by atoms with Crippen molar-refractivity contribution >= 4 is 11.7 Å². The fourth-order valence-corrected chi connectivity index (χ4v) is 2.55. The highest BCUT2D eigenvalue weighted by atomic mass is 16.5. The van der Waals surface area contributed by atoms with Crippen molar-refractivity contribution in [1.82, 2.24) is 0 Å². The molecule has 1 saturated carbocycles. The zero-order chi connectivity index (χ0) is 14.6. The van der Waals surface area contributed by atoms with Crippen LogP contribution in [0.1, 0.15) is 25.3 Å². The molecule has 1 aliphatic rings. The largest absolute Gasteiger partial charge is 0.464 e. The summed E-state index contributed by atoms with van der Waals surface area (Å²) in [5, 5.41) is 3.41. The zero-order valence-electron chi connectivity index (χ0n) is 12.4. The van der Waals surface area contributed by atoms with Gasteiger partial charge in [0.25, 0.3) is 0 Å². The van der Waals surface area contributed by atoms with Crippen molar-refractivity contribution in [3.63, 3.8) is 0 Å². The van der Waals surface area contributed by atoms with Gasteiger partial charge in [-0.05, 0) is 44.2 Å². The van der Waals surface area contributed by atoms with Gasteiger partial charge in [0, 0.05) is 12.8 Å². The van der Waals surface area contributed by atoms with Crippen molar-refractivity contribution in [2.75, 3.05) is 25.6 Å². The third kappa shape index (κ3) is 2.96. The van der Waals surface area contributed by atoms with Crippen LogP contribution in [0.3, 0.4) is 0 Å². The van der Waals surface area contributed by atoms with Crippen LogP contribution in [0.4, 0.5) is 5.69 Å². The van der Waals surface area contributed by atoms with Crippen LogP contribution < -0.4 is 5.32 Å². The lowest BCUT2D eigenvalue weighted by Crippen LogP contribution is -2.53. The van der Waals surface area contributed by atoms with Crippen molar-refractivity contribution in [3.05, 3.63) is 29.8 Å². The van der Waals surface area contributed by atoms with E-state index in [2.05, 4.69) is 5.32 Å². The van der Waals surface area contributed by atoms with Crippen LogP contribution in [0, 0.1) is 12.8 Å². The molecule has 1 aromatic carbocycles. The summed E-state index contributed by atoms with van der Waals surface area (Å²) in [4.78, 5) is 12.5. The number of esters is 1. The first-order valence-corrected chi connectivity index (χ1v) is 7.14. The standard InChI is InChI=1S/C16H23NO3/c1-4-20-15(18)16(11-19-3,13-9-10-13)17-14-8-6-5-7-12(14)2/h5-8,13,17H,4,9-11H2,1-3H3. The summed E-state index contributed by atoms with van der Waals surface area (Å²) in [6.45, 7) is 4.56. The molecule has 0 saturated heterocycles. The van der Waals surface area contributed by atoms with Crippen LogP contribution in [0.15, 0.2) is 24.3 Å². The number of carbonyl (C=O) groups is 1.